The van der Waals surface area contributed by atoms with Crippen molar-refractivity contribution in [1.82, 2.24) is 0 Å². The van der Waals surface area contributed by atoms with Gasteiger partial charge in [-0.05, 0) is 0 Å². The molecule has 0 amide bonds. The van der Waals surface area contributed by atoms with E-state index in [9.17, 15) is 0 Å². The van der Waals surface area contributed by atoms with Gasteiger partial charge in [-0.1, -0.05) is 13.3 Å². The molecular weight excluding hydrogens is 463 g/mol. The Morgan fingerprint density at radius 2 is 1.34 bits per heavy atom. The second-order valence-corrected chi connectivity index (χ2v) is 21.5. The third-order valence-corrected chi connectivity index (χ3v) is 19.7. The van der Waals surface area contributed by atoms with Crippen molar-refractivity contribution in [3.8, 4) is 9.86 Å². The predicted molar refractivity (Wildman–Crippen MR) is 130 cm³/mol. The summed E-state index contributed by atoms with van der Waals surface area (Å²) in [7, 11) is 0. The Morgan fingerprint density at radius 3 is 1.93 bits per heavy atom. The van der Waals surface area contributed by atoms with E-state index < -0.39 is 18.4 Å². The molecule has 1 saturated heterocycles. The van der Waals surface area contributed by atoms with Crippen molar-refractivity contribution >= 4 is 18.4 Å². The van der Waals surface area contributed by atoms with Crippen LogP contribution in [-0.2, 0) is 9.47 Å². The topological polar surface area (TPSA) is 18.5 Å². The number of hydrogen-bond acceptors (Lipinski definition) is 2. The average molecular weight is 513 g/mol. The quantitative estimate of drug-likeness (QED) is 0.111. The maximum absolute atomic E-state index is 6.12. The number of hydrogen-bond donors (Lipinski definition) is 0. The molecule has 2 nitrogen and oxygen atoms in total. The summed E-state index contributed by atoms with van der Waals surface area (Å²) in [6.07, 6.45) is 18.6. The zero-order valence-corrected chi connectivity index (χ0v) is 23.1. The van der Waals surface area contributed by atoms with Crippen LogP contribution in [0.5, 0.6) is 0 Å². The van der Waals surface area contributed by atoms with Gasteiger partial charge in [0.05, 0.1) is 0 Å². The molecule has 0 radical (unpaired) electrons. The van der Waals surface area contributed by atoms with Crippen molar-refractivity contribution in [2.75, 3.05) is 6.61 Å². The third-order valence-electron chi connectivity index (χ3n) is 6.42. The molecule has 0 spiro atoms. The molecule has 3 heteroatoms. The number of unbranched alkanes of at least 4 members (excludes halogenated alkanes) is 7. The van der Waals surface area contributed by atoms with Crippen molar-refractivity contribution in [3.05, 3.63) is 0 Å². The molecule has 1 aliphatic rings. The fourth-order valence-electron chi connectivity index (χ4n) is 4.45. The van der Waals surface area contributed by atoms with E-state index in [4.69, 9.17) is 9.47 Å². The van der Waals surface area contributed by atoms with Crippen LogP contribution in [0.15, 0.2) is 0 Å². The molecule has 0 aromatic carbocycles. The fourth-order valence-corrected chi connectivity index (χ4v) is 17.8. The van der Waals surface area contributed by atoms with Crippen LogP contribution >= 0.6 is 0 Å². The van der Waals surface area contributed by atoms with Gasteiger partial charge in [0.25, 0.3) is 0 Å². The van der Waals surface area contributed by atoms with Gasteiger partial charge < -0.3 is 0 Å². The fraction of sp³-hybridized carbons (Fsp3) is 0.923. The van der Waals surface area contributed by atoms with Crippen LogP contribution in [0.3, 0.4) is 0 Å². The van der Waals surface area contributed by atoms with Crippen LogP contribution in [0, 0.1) is 9.86 Å². The van der Waals surface area contributed by atoms with E-state index in [0.717, 1.165) is 6.42 Å². The molecule has 0 aromatic rings. The first kappa shape index (κ1) is 27.3. The van der Waals surface area contributed by atoms with Crippen LogP contribution < -0.4 is 0 Å². The summed E-state index contributed by atoms with van der Waals surface area (Å²) in [5.41, 5.74) is 0. The standard InChI is InChI=1S/C14H23O2.3C4H9.Sn/c1-3-5-6-7-8-9-13-10-11-14(16-13)15-12-4-2;3*1-3-4-2;/h13-14H,3,5-12H2,1H3;3*1,3-4H2,2H3;. The molecule has 0 N–H and O–H groups in total. The Kier molecular flexibility index (Phi) is 16.9. The zero-order valence-electron chi connectivity index (χ0n) is 20.2. The molecule has 1 rings (SSSR count). The number of rotatable bonds is 17. The second kappa shape index (κ2) is 17.9. The third kappa shape index (κ3) is 12.7. The molecule has 0 bridgehead atoms. The van der Waals surface area contributed by atoms with Crippen molar-refractivity contribution in [1.29, 1.82) is 0 Å². The van der Waals surface area contributed by atoms with E-state index in [1.165, 1.54) is 96.8 Å². The van der Waals surface area contributed by atoms with E-state index in [2.05, 4.69) is 37.6 Å². The first-order valence-electron chi connectivity index (χ1n) is 13.0. The van der Waals surface area contributed by atoms with E-state index in [1.54, 1.807) is 0 Å². The molecule has 0 aromatic heterocycles. The monoisotopic (exact) mass is 514 g/mol. The molecule has 1 fully saturated rings. The van der Waals surface area contributed by atoms with Crippen LogP contribution in [0.4, 0.5) is 0 Å². The van der Waals surface area contributed by atoms with Crippen LogP contribution in [0.25, 0.3) is 0 Å². The second-order valence-electron chi connectivity index (χ2n) is 9.17. The summed E-state index contributed by atoms with van der Waals surface area (Å²) in [4.78, 5) is 0. The van der Waals surface area contributed by atoms with Gasteiger partial charge in [0.15, 0.2) is 0 Å². The number of ether oxygens (including phenoxy) is 2. The molecule has 1 heterocycles. The SMILES string of the molecule is CCCCCCCC1CCC(OCC#[C][Sn]([CH2]CCC)([CH2]CCC)[CH2]CCC)O1. The van der Waals surface area contributed by atoms with Gasteiger partial charge in [0.1, 0.15) is 0 Å². The van der Waals surface area contributed by atoms with Gasteiger partial charge in [-0.3, -0.25) is 0 Å². The molecule has 0 saturated carbocycles. The summed E-state index contributed by atoms with van der Waals surface area (Å²) < 4.78 is 20.4. The van der Waals surface area contributed by atoms with Crippen LogP contribution in [0.1, 0.15) is 118 Å². The van der Waals surface area contributed by atoms with Gasteiger partial charge in [0.2, 0.25) is 0 Å². The molecule has 0 aliphatic carbocycles. The van der Waals surface area contributed by atoms with Gasteiger partial charge in [0, 0.05) is 0 Å². The molecule has 1 aliphatic heterocycles. The minimum atomic E-state index is -2.31. The normalized spacial score (nSPS) is 19.3. The molecule has 2 atom stereocenters. The molecule has 2 unspecified atom stereocenters. The van der Waals surface area contributed by atoms with Gasteiger partial charge >= 0.3 is 174 Å². The van der Waals surface area contributed by atoms with Gasteiger partial charge in [-0.25, -0.2) is 0 Å². The summed E-state index contributed by atoms with van der Waals surface area (Å²) in [5.74, 6) is 3.50. The first-order valence-corrected chi connectivity index (χ1v) is 20.4. The summed E-state index contributed by atoms with van der Waals surface area (Å²) in [5, 5.41) is 0. The Hall–Kier alpha value is 0.279. The summed E-state index contributed by atoms with van der Waals surface area (Å²) in [6, 6.07) is 0. The minimum absolute atomic E-state index is 0.00327. The van der Waals surface area contributed by atoms with Crippen molar-refractivity contribution in [3.63, 3.8) is 0 Å². The van der Waals surface area contributed by atoms with E-state index >= 15 is 0 Å². The first-order chi connectivity index (χ1) is 14.2. The molecular formula is C26H50O2Sn. The zero-order chi connectivity index (χ0) is 21.2. The van der Waals surface area contributed by atoms with Crippen molar-refractivity contribution < 1.29 is 9.47 Å². The van der Waals surface area contributed by atoms with E-state index in [0.29, 0.717) is 12.7 Å². The van der Waals surface area contributed by atoms with Crippen molar-refractivity contribution in [2.24, 2.45) is 0 Å². The van der Waals surface area contributed by atoms with Gasteiger partial charge in [-0.15, -0.1) is 0 Å². The predicted octanol–water partition coefficient (Wildman–Crippen LogP) is 8.26. The van der Waals surface area contributed by atoms with E-state index in [-0.39, 0.29) is 6.29 Å². The van der Waals surface area contributed by atoms with Crippen molar-refractivity contribution in [2.45, 2.75) is 143 Å². The average Bonchev–Trinajstić information content (AvgIpc) is 3.19. The molecule has 170 valence electrons. The summed E-state index contributed by atoms with van der Waals surface area (Å²) >= 11 is -2.31. The Bertz CT molecular complexity index is 418. The van der Waals surface area contributed by atoms with Crippen LogP contribution in [-0.4, -0.2) is 37.4 Å². The Balaban J connectivity index is 2.42. The van der Waals surface area contributed by atoms with E-state index in [1.807, 2.05) is 0 Å². The molecule has 29 heavy (non-hydrogen) atoms. The Labute approximate surface area is 187 Å². The van der Waals surface area contributed by atoms with Crippen LogP contribution in [0.2, 0.25) is 13.3 Å². The Morgan fingerprint density at radius 1 is 0.759 bits per heavy atom. The summed E-state index contributed by atoms with van der Waals surface area (Å²) in [6.45, 7) is 9.83. The van der Waals surface area contributed by atoms with Gasteiger partial charge in [-0.2, -0.15) is 0 Å². The maximum atomic E-state index is 6.12.